The number of aromatic nitrogens is 2. The van der Waals surface area contributed by atoms with Crippen molar-refractivity contribution < 1.29 is 4.52 Å². The Labute approximate surface area is 77.7 Å². The van der Waals surface area contributed by atoms with E-state index in [1.807, 2.05) is 0 Å². The molecule has 4 nitrogen and oxygen atoms in total. The number of hydrogen-bond donors (Lipinski definition) is 1. The molecule has 1 fully saturated rings. The molecule has 0 amide bonds. The third kappa shape index (κ3) is 1.88. The van der Waals surface area contributed by atoms with Gasteiger partial charge in [0.1, 0.15) is 0 Å². The van der Waals surface area contributed by atoms with Crippen LogP contribution in [0.3, 0.4) is 0 Å². The van der Waals surface area contributed by atoms with Crippen molar-refractivity contribution in [3.8, 4) is 0 Å². The molecule has 1 aliphatic carbocycles. The molecule has 4 heteroatoms. The van der Waals surface area contributed by atoms with Gasteiger partial charge < -0.3 is 9.84 Å². The van der Waals surface area contributed by atoms with E-state index in [-0.39, 0.29) is 0 Å². The van der Waals surface area contributed by atoms with Gasteiger partial charge in [-0.1, -0.05) is 18.5 Å². The Morgan fingerprint density at radius 1 is 1.54 bits per heavy atom. The van der Waals surface area contributed by atoms with E-state index >= 15 is 0 Å². The summed E-state index contributed by atoms with van der Waals surface area (Å²) < 4.78 is 5.10. The zero-order chi connectivity index (χ0) is 9.10. The number of hydrogen-bond acceptors (Lipinski definition) is 4. The van der Waals surface area contributed by atoms with Gasteiger partial charge in [0.2, 0.25) is 5.89 Å². The molecule has 0 spiro atoms. The summed E-state index contributed by atoms with van der Waals surface area (Å²) in [7, 11) is 0. The van der Waals surface area contributed by atoms with Crippen LogP contribution in [0.5, 0.6) is 0 Å². The van der Waals surface area contributed by atoms with Gasteiger partial charge in [-0.25, -0.2) is 0 Å². The monoisotopic (exact) mass is 181 g/mol. The van der Waals surface area contributed by atoms with Gasteiger partial charge in [0.05, 0.1) is 6.54 Å². The first-order valence-electron chi connectivity index (χ1n) is 4.93. The maximum atomic E-state index is 5.10. The van der Waals surface area contributed by atoms with E-state index in [0.717, 1.165) is 12.4 Å². The molecule has 0 unspecified atom stereocenters. The Bertz CT molecular complexity index is 268. The number of nitrogens with zero attached hydrogens (tertiary/aromatic N) is 2. The third-order valence-corrected chi connectivity index (χ3v) is 2.48. The van der Waals surface area contributed by atoms with Crippen LogP contribution in [0.2, 0.25) is 0 Å². The minimum absolute atomic E-state index is 0.569. The Hall–Kier alpha value is -0.900. The molecule has 2 rings (SSSR count). The van der Waals surface area contributed by atoms with Gasteiger partial charge in [0.25, 0.3) is 0 Å². The van der Waals surface area contributed by atoms with Crippen molar-refractivity contribution in [2.45, 2.75) is 38.6 Å². The molecule has 0 radical (unpaired) electrons. The van der Waals surface area contributed by atoms with Crippen LogP contribution in [0.1, 0.15) is 43.8 Å². The van der Waals surface area contributed by atoms with Gasteiger partial charge in [-0.2, -0.15) is 4.98 Å². The Morgan fingerprint density at radius 3 is 3.00 bits per heavy atom. The second kappa shape index (κ2) is 3.87. The van der Waals surface area contributed by atoms with E-state index in [1.165, 1.54) is 19.3 Å². The lowest BCUT2D eigenvalue weighted by atomic mass is 9.85. The van der Waals surface area contributed by atoms with E-state index in [0.29, 0.717) is 18.4 Å². The van der Waals surface area contributed by atoms with Crippen LogP contribution in [0, 0.1) is 0 Å². The van der Waals surface area contributed by atoms with Crippen LogP contribution in [-0.4, -0.2) is 16.7 Å². The lowest BCUT2D eigenvalue weighted by Gasteiger charge is -2.20. The first-order chi connectivity index (χ1) is 6.40. The minimum atomic E-state index is 0.569. The molecule has 0 aromatic carbocycles. The van der Waals surface area contributed by atoms with Crippen LogP contribution in [0.4, 0.5) is 0 Å². The molecule has 0 bridgehead atoms. The molecule has 13 heavy (non-hydrogen) atoms. The van der Waals surface area contributed by atoms with Crippen molar-refractivity contribution in [1.29, 1.82) is 0 Å². The van der Waals surface area contributed by atoms with E-state index in [2.05, 4.69) is 22.4 Å². The Balaban J connectivity index is 1.92. The molecule has 0 saturated heterocycles. The van der Waals surface area contributed by atoms with Gasteiger partial charge in [0.15, 0.2) is 5.82 Å². The Morgan fingerprint density at radius 2 is 2.38 bits per heavy atom. The highest BCUT2D eigenvalue weighted by atomic mass is 16.5. The zero-order valence-corrected chi connectivity index (χ0v) is 7.92. The minimum Gasteiger partial charge on any atom is -0.338 e. The molecule has 1 N–H and O–H groups in total. The SMILES string of the molecule is CCNCc1nc(C2CCC2)no1. The molecule has 1 saturated carbocycles. The van der Waals surface area contributed by atoms with Gasteiger partial charge in [-0.3, -0.25) is 0 Å². The average Bonchev–Trinajstić information content (AvgIpc) is 2.46. The summed E-state index contributed by atoms with van der Waals surface area (Å²) in [5, 5.41) is 7.12. The van der Waals surface area contributed by atoms with Crippen molar-refractivity contribution >= 4 is 0 Å². The highest BCUT2D eigenvalue weighted by Crippen LogP contribution is 2.34. The van der Waals surface area contributed by atoms with Crippen molar-refractivity contribution in [2.75, 3.05) is 6.54 Å². The smallest absolute Gasteiger partial charge is 0.240 e. The normalized spacial score (nSPS) is 17.3. The topological polar surface area (TPSA) is 51.0 Å². The molecule has 0 atom stereocenters. The summed E-state index contributed by atoms with van der Waals surface area (Å²) in [6, 6.07) is 0. The number of nitrogens with one attached hydrogen (secondary N) is 1. The third-order valence-electron chi connectivity index (χ3n) is 2.48. The first kappa shape index (κ1) is 8.69. The maximum absolute atomic E-state index is 5.10. The van der Waals surface area contributed by atoms with Crippen molar-refractivity contribution in [3.63, 3.8) is 0 Å². The maximum Gasteiger partial charge on any atom is 0.240 e. The first-order valence-corrected chi connectivity index (χ1v) is 4.93. The fourth-order valence-corrected chi connectivity index (χ4v) is 1.40. The molecule has 1 aromatic rings. The van der Waals surface area contributed by atoms with Crippen LogP contribution in [0.15, 0.2) is 4.52 Å². The van der Waals surface area contributed by atoms with Gasteiger partial charge in [-0.05, 0) is 19.4 Å². The van der Waals surface area contributed by atoms with E-state index < -0.39 is 0 Å². The lowest BCUT2D eigenvalue weighted by Crippen LogP contribution is -2.13. The van der Waals surface area contributed by atoms with E-state index in [1.54, 1.807) is 0 Å². The Kier molecular flexibility index (Phi) is 2.59. The van der Waals surface area contributed by atoms with Gasteiger partial charge in [-0.15, -0.1) is 0 Å². The predicted molar refractivity (Wildman–Crippen MR) is 48.3 cm³/mol. The zero-order valence-electron chi connectivity index (χ0n) is 7.92. The van der Waals surface area contributed by atoms with Gasteiger partial charge in [0, 0.05) is 5.92 Å². The van der Waals surface area contributed by atoms with Gasteiger partial charge >= 0.3 is 0 Å². The predicted octanol–water partition coefficient (Wildman–Crippen LogP) is 1.45. The summed E-state index contributed by atoms with van der Waals surface area (Å²) >= 11 is 0. The second-order valence-electron chi connectivity index (χ2n) is 3.45. The number of rotatable bonds is 4. The van der Waals surface area contributed by atoms with Crippen LogP contribution >= 0.6 is 0 Å². The van der Waals surface area contributed by atoms with Crippen LogP contribution in [-0.2, 0) is 6.54 Å². The fourth-order valence-electron chi connectivity index (χ4n) is 1.40. The standard InChI is InChI=1S/C9H15N3O/c1-2-10-6-8-11-9(12-13-8)7-4-3-5-7/h7,10H,2-6H2,1H3. The fraction of sp³-hybridized carbons (Fsp3) is 0.778. The van der Waals surface area contributed by atoms with E-state index in [9.17, 15) is 0 Å². The largest absolute Gasteiger partial charge is 0.338 e. The molecule has 0 aliphatic heterocycles. The van der Waals surface area contributed by atoms with Crippen molar-refractivity contribution in [3.05, 3.63) is 11.7 Å². The summed E-state index contributed by atoms with van der Waals surface area (Å²) in [4.78, 5) is 4.33. The summed E-state index contributed by atoms with van der Waals surface area (Å²) in [6.07, 6.45) is 3.75. The van der Waals surface area contributed by atoms with E-state index in [4.69, 9.17) is 4.52 Å². The molecule has 1 aliphatic rings. The van der Waals surface area contributed by atoms with Crippen LogP contribution in [0.25, 0.3) is 0 Å². The molecule has 1 aromatic heterocycles. The molecule has 72 valence electrons. The molecular weight excluding hydrogens is 166 g/mol. The second-order valence-corrected chi connectivity index (χ2v) is 3.45. The summed E-state index contributed by atoms with van der Waals surface area (Å²) in [5.74, 6) is 2.18. The average molecular weight is 181 g/mol. The summed E-state index contributed by atoms with van der Waals surface area (Å²) in [6.45, 7) is 3.68. The van der Waals surface area contributed by atoms with Crippen LogP contribution < -0.4 is 5.32 Å². The highest BCUT2D eigenvalue weighted by Gasteiger charge is 2.24. The lowest BCUT2D eigenvalue weighted by molar-refractivity contribution is 0.342. The summed E-state index contributed by atoms with van der Waals surface area (Å²) in [5.41, 5.74) is 0. The molecular formula is C9H15N3O. The molecule has 1 heterocycles. The van der Waals surface area contributed by atoms with Crippen molar-refractivity contribution in [2.24, 2.45) is 0 Å². The quantitative estimate of drug-likeness (QED) is 0.763. The van der Waals surface area contributed by atoms with Crippen molar-refractivity contribution in [1.82, 2.24) is 15.5 Å². The highest BCUT2D eigenvalue weighted by molar-refractivity contribution is 4.99.